The second-order valence-electron chi connectivity index (χ2n) is 5.13. The van der Waals surface area contributed by atoms with Gasteiger partial charge in [0.1, 0.15) is 11.5 Å². The van der Waals surface area contributed by atoms with Gasteiger partial charge in [-0.25, -0.2) is 0 Å². The number of hydrogen-bond acceptors (Lipinski definition) is 2. The highest BCUT2D eigenvalue weighted by Crippen LogP contribution is 2.35. The molecule has 0 amide bonds. The second kappa shape index (κ2) is 5.58. The topological polar surface area (TPSA) is 18.5 Å². The van der Waals surface area contributed by atoms with E-state index in [1.165, 1.54) is 33.4 Å². The third-order valence-electron chi connectivity index (χ3n) is 4.20. The van der Waals surface area contributed by atoms with E-state index in [0.717, 1.165) is 11.5 Å². The zero-order valence-corrected chi connectivity index (χ0v) is 13.1. The number of benzene rings is 2. The Balaban J connectivity index is 2.64. The van der Waals surface area contributed by atoms with Crippen LogP contribution in [0.4, 0.5) is 0 Å². The van der Waals surface area contributed by atoms with Crippen molar-refractivity contribution in [2.45, 2.75) is 27.7 Å². The minimum absolute atomic E-state index is 0.939. The van der Waals surface area contributed by atoms with Gasteiger partial charge >= 0.3 is 0 Å². The van der Waals surface area contributed by atoms with Crippen molar-refractivity contribution < 1.29 is 9.47 Å². The van der Waals surface area contributed by atoms with Crippen LogP contribution in [0.15, 0.2) is 24.3 Å². The summed E-state index contributed by atoms with van der Waals surface area (Å²) in [6.07, 6.45) is 0. The van der Waals surface area contributed by atoms with Crippen LogP contribution in [0.3, 0.4) is 0 Å². The summed E-state index contributed by atoms with van der Waals surface area (Å²) in [6, 6.07) is 8.35. The van der Waals surface area contributed by atoms with E-state index in [1.54, 1.807) is 14.2 Å². The summed E-state index contributed by atoms with van der Waals surface area (Å²) < 4.78 is 10.8. The molecule has 2 aromatic rings. The van der Waals surface area contributed by atoms with Crippen LogP contribution in [0.5, 0.6) is 11.5 Å². The summed E-state index contributed by atoms with van der Waals surface area (Å²) >= 11 is 0. The average Bonchev–Trinajstić information content (AvgIpc) is 2.45. The Morgan fingerprint density at radius 1 is 0.550 bits per heavy atom. The van der Waals surface area contributed by atoms with Gasteiger partial charge < -0.3 is 9.47 Å². The molecule has 20 heavy (non-hydrogen) atoms. The van der Waals surface area contributed by atoms with Crippen molar-refractivity contribution in [2.24, 2.45) is 0 Å². The van der Waals surface area contributed by atoms with Crippen molar-refractivity contribution in [3.05, 3.63) is 46.5 Å². The predicted molar refractivity (Wildman–Crippen MR) is 83.9 cm³/mol. The molecule has 2 rings (SSSR count). The number of rotatable bonds is 3. The molecule has 0 N–H and O–H groups in total. The first-order valence-corrected chi connectivity index (χ1v) is 6.80. The van der Waals surface area contributed by atoms with Crippen molar-refractivity contribution >= 4 is 0 Å². The standard InChI is InChI=1S/C18H22O2/c1-11-13(3)17(19-5)9-7-15(11)16-8-10-18(20-6)14(4)12(16)2/h7-10H,1-6H3. The fourth-order valence-electron chi connectivity index (χ4n) is 2.62. The van der Waals surface area contributed by atoms with Crippen molar-refractivity contribution in [1.82, 2.24) is 0 Å². The van der Waals surface area contributed by atoms with Crippen LogP contribution in [0, 0.1) is 27.7 Å². The van der Waals surface area contributed by atoms with Crippen LogP contribution in [-0.4, -0.2) is 14.2 Å². The van der Waals surface area contributed by atoms with Crippen molar-refractivity contribution in [2.75, 3.05) is 14.2 Å². The number of ether oxygens (including phenoxy) is 2. The zero-order chi connectivity index (χ0) is 14.9. The molecule has 2 aromatic carbocycles. The van der Waals surface area contributed by atoms with E-state index in [1.807, 2.05) is 12.1 Å². The molecular formula is C18H22O2. The minimum atomic E-state index is 0.939. The van der Waals surface area contributed by atoms with E-state index in [9.17, 15) is 0 Å². The third kappa shape index (κ3) is 2.26. The second-order valence-corrected chi connectivity index (χ2v) is 5.13. The van der Waals surface area contributed by atoms with E-state index < -0.39 is 0 Å². The molecule has 0 bridgehead atoms. The Morgan fingerprint density at radius 2 is 0.900 bits per heavy atom. The van der Waals surface area contributed by atoms with Gasteiger partial charge in [0.2, 0.25) is 0 Å². The van der Waals surface area contributed by atoms with E-state index in [2.05, 4.69) is 39.8 Å². The summed E-state index contributed by atoms with van der Waals surface area (Å²) in [7, 11) is 3.43. The minimum Gasteiger partial charge on any atom is -0.496 e. The molecule has 0 spiro atoms. The molecule has 0 aliphatic heterocycles. The summed E-state index contributed by atoms with van der Waals surface area (Å²) in [5, 5.41) is 0. The molecule has 0 aliphatic carbocycles. The largest absolute Gasteiger partial charge is 0.496 e. The maximum Gasteiger partial charge on any atom is 0.122 e. The van der Waals surface area contributed by atoms with Crippen LogP contribution in [0.2, 0.25) is 0 Å². The SMILES string of the molecule is COc1ccc(-c2ccc(OC)c(C)c2C)c(C)c1C. The van der Waals surface area contributed by atoms with Gasteiger partial charge in [0.15, 0.2) is 0 Å². The quantitative estimate of drug-likeness (QED) is 0.811. The number of hydrogen-bond donors (Lipinski definition) is 0. The maximum atomic E-state index is 5.39. The molecule has 0 heterocycles. The van der Waals surface area contributed by atoms with Crippen molar-refractivity contribution in [3.8, 4) is 22.6 Å². The van der Waals surface area contributed by atoms with Gasteiger partial charge in [0.05, 0.1) is 14.2 Å². The zero-order valence-electron chi connectivity index (χ0n) is 13.1. The lowest BCUT2D eigenvalue weighted by Gasteiger charge is -2.17. The highest BCUT2D eigenvalue weighted by molar-refractivity contribution is 5.74. The average molecular weight is 270 g/mol. The first kappa shape index (κ1) is 14.4. The van der Waals surface area contributed by atoms with Crippen LogP contribution in [0.1, 0.15) is 22.3 Å². The molecule has 0 saturated carbocycles. The lowest BCUT2D eigenvalue weighted by atomic mass is 9.91. The lowest BCUT2D eigenvalue weighted by Crippen LogP contribution is -1.96. The maximum absolute atomic E-state index is 5.39. The van der Waals surface area contributed by atoms with E-state index in [0.29, 0.717) is 0 Å². The van der Waals surface area contributed by atoms with E-state index >= 15 is 0 Å². The summed E-state index contributed by atoms with van der Waals surface area (Å²) in [4.78, 5) is 0. The van der Waals surface area contributed by atoms with Gasteiger partial charge in [-0.05, 0) is 73.2 Å². The molecule has 2 nitrogen and oxygen atoms in total. The molecular weight excluding hydrogens is 248 g/mol. The van der Waals surface area contributed by atoms with Crippen molar-refractivity contribution in [1.29, 1.82) is 0 Å². The fraction of sp³-hybridized carbons (Fsp3) is 0.333. The highest BCUT2D eigenvalue weighted by Gasteiger charge is 2.13. The monoisotopic (exact) mass is 270 g/mol. The van der Waals surface area contributed by atoms with Gasteiger partial charge in [0.25, 0.3) is 0 Å². The molecule has 0 aliphatic rings. The lowest BCUT2D eigenvalue weighted by molar-refractivity contribution is 0.411. The van der Waals surface area contributed by atoms with Gasteiger partial charge in [-0.15, -0.1) is 0 Å². The van der Waals surface area contributed by atoms with Gasteiger partial charge in [0, 0.05) is 0 Å². The highest BCUT2D eigenvalue weighted by atomic mass is 16.5. The van der Waals surface area contributed by atoms with Crippen LogP contribution >= 0.6 is 0 Å². The third-order valence-corrected chi connectivity index (χ3v) is 4.20. The van der Waals surface area contributed by atoms with E-state index in [-0.39, 0.29) is 0 Å². The summed E-state index contributed by atoms with van der Waals surface area (Å²) in [5.41, 5.74) is 7.42. The summed E-state index contributed by atoms with van der Waals surface area (Å²) in [5.74, 6) is 1.88. The molecule has 0 saturated heterocycles. The molecule has 0 radical (unpaired) electrons. The first-order chi connectivity index (χ1) is 9.51. The Bertz CT molecular complexity index is 585. The predicted octanol–water partition coefficient (Wildman–Crippen LogP) is 4.60. The molecule has 0 aromatic heterocycles. The Kier molecular flexibility index (Phi) is 4.03. The smallest absolute Gasteiger partial charge is 0.122 e. The molecule has 0 unspecified atom stereocenters. The fourth-order valence-corrected chi connectivity index (χ4v) is 2.62. The van der Waals surface area contributed by atoms with Gasteiger partial charge in [-0.2, -0.15) is 0 Å². The first-order valence-electron chi connectivity index (χ1n) is 6.80. The normalized spacial score (nSPS) is 10.5. The van der Waals surface area contributed by atoms with Gasteiger partial charge in [-0.3, -0.25) is 0 Å². The Labute approximate surface area is 121 Å². The van der Waals surface area contributed by atoms with Crippen LogP contribution in [0.25, 0.3) is 11.1 Å². The van der Waals surface area contributed by atoms with Gasteiger partial charge in [-0.1, -0.05) is 12.1 Å². The van der Waals surface area contributed by atoms with E-state index in [4.69, 9.17) is 9.47 Å². The van der Waals surface area contributed by atoms with Crippen LogP contribution < -0.4 is 9.47 Å². The molecule has 2 heteroatoms. The number of methoxy groups -OCH3 is 2. The summed E-state index contributed by atoms with van der Waals surface area (Å²) in [6.45, 7) is 8.49. The molecule has 0 fully saturated rings. The molecule has 106 valence electrons. The Hall–Kier alpha value is -1.96. The van der Waals surface area contributed by atoms with Crippen LogP contribution in [-0.2, 0) is 0 Å². The Morgan fingerprint density at radius 3 is 1.20 bits per heavy atom. The van der Waals surface area contributed by atoms with Crippen molar-refractivity contribution in [3.63, 3.8) is 0 Å². The molecule has 0 atom stereocenters.